The van der Waals surface area contributed by atoms with Gasteiger partial charge in [-0.15, -0.1) is 0 Å². The first kappa shape index (κ1) is 14.7. The smallest absolute Gasteiger partial charge is 0.254 e. The first-order chi connectivity index (χ1) is 9.27. The van der Waals surface area contributed by atoms with E-state index in [1.807, 2.05) is 13.0 Å². The number of amides is 1. The van der Waals surface area contributed by atoms with Crippen LogP contribution in [0.2, 0.25) is 0 Å². The van der Waals surface area contributed by atoms with Crippen molar-refractivity contribution in [1.29, 1.82) is 0 Å². The third-order valence-electron chi connectivity index (χ3n) is 3.07. The topological polar surface area (TPSA) is 80.5 Å². The summed E-state index contributed by atoms with van der Waals surface area (Å²) in [6, 6.07) is 2.92. The fourth-order valence-corrected chi connectivity index (χ4v) is 2.69. The molecule has 2 N–H and O–H groups in total. The molecule has 1 aromatic rings. The lowest BCUT2D eigenvalue weighted by atomic mass is 10.1. The Hall–Kier alpha value is -1.73. The summed E-state index contributed by atoms with van der Waals surface area (Å²) < 4.78 is 36.0. The van der Waals surface area contributed by atoms with E-state index in [1.165, 1.54) is 0 Å². The van der Waals surface area contributed by atoms with Gasteiger partial charge in [0.05, 0.1) is 4.90 Å². The maximum atomic E-state index is 13.5. The molecule has 1 aromatic carbocycles. The van der Waals surface area contributed by atoms with Crippen molar-refractivity contribution in [2.75, 3.05) is 13.1 Å². The predicted molar refractivity (Wildman–Crippen MR) is 72.1 cm³/mol. The summed E-state index contributed by atoms with van der Waals surface area (Å²) in [5.74, 6) is -1.20. The second-order valence-electron chi connectivity index (χ2n) is 4.79. The van der Waals surface area contributed by atoms with Crippen molar-refractivity contribution in [1.82, 2.24) is 4.90 Å². The molecule has 0 spiro atoms. The summed E-state index contributed by atoms with van der Waals surface area (Å²) >= 11 is 0. The molecule has 108 valence electrons. The Bertz CT molecular complexity index is 683. The molecular weight excluding hydrogens is 283 g/mol. The van der Waals surface area contributed by atoms with Gasteiger partial charge in [0.15, 0.2) is 0 Å². The molecule has 0 radical (unpaired) electrons. The van der Waals surface area contributed by atoms with E-state index in [1.54, 1.807) is 4.90 Å². The summed E-state index contributed by atoms with van der Waals surface area (Å²) in [6.45, 7) is 2.89. The monoisotopic (exact) mass is 298 g/mol. The number of hydrogen-bond donors (Lipinski definition) is 1. The molecule has 0 fully saturated rings. The maximum Gasteiger partial charge on any atom is 0.254 e. The molecule has 1 aliphatic heterocycles. The van der Waals surface area contributed by atoms with Crippen LogP contribution in [0.3, 0.4) is 0 Å². The van der Waals surface area contributed by atoms with Gasteiger partial charge >= 0.3 is 0 Å². The zero-order valence-electron chi connectivity index (χ0n) is 11.0. The zero-order valence-corrected chi connectivity index (χ0v) is 11.8. The van der Waals surface area contributed by atoms with Gasteiger partial charge in [-0.1, -0.05) is 11.6 Å². The number of primary sulfonamides is 1. The van der Waals surface area contributed by atoms with Crippen molar-refractivity contribution in [3.05, 3.63) is 41.2 Å². The number of carbonyl (C=O) groups excluding carboxylic acids is 1. The van der Waals surface area contributed by atoms with Crippen LogP contribution in [0, 0.1) is 5.82 Å². The van der Waals surface area contributed by atoms with Crippen LogP contribution >= 0.6 is 0 Å². The van der Waals surface area contributed by atoms with Crippen molar-refractivity contribution in [3.8, 4) is 0 Å². The Balaban J connectivity index is 2.36. The van der Waals surface area contributed by atoms with Crippen LogP contribution in [-0.2, 0) is 10.0 Å². The maximum absolute atomic E-state index is 13.5. The molecule has 0 saturated carbocycles. The van der Waals surface area contributed by atoms with Crippen LogP contribution in [0.15, 0.2) is 34.7 Å². The van der Waals surface area contributed by atoms with Crippen LogP contribution in [0.1, 0.15) is 23.7 Å². The third-order valence-corrected chi connectivity index (χ3v) is 3.96. The molecule has 20 heavy (non-hydrogen) atoms. The van der Waals surface area contributed by atoms with Gasteiger partial charge in [-0.25, -0.2) is 17.9 Å². The van der Waals surface area contributed by atoms with Crippen LogP contribution in [0.5, 0.6) is 0 Å². The molecule has 0 bridgehead atoms. The number of carbonyl (C=O) groups is 1. The lowest BCUT2D eigenvalue weighted by Crippen LogP contribution is -2.35. The fraction of sp³-hybridized carbons (Fsp3) is 0.308. The van der Waals surface area contributed by atoms with Gasteiger partial charge in [-0.3, -0.25) is 4.79 Å². The van der Waals surface area contributed by atoms with Gasteiger partial charge in [0, 0.05) is 18.7 Å². The van der Waals surface area contributed by atoms with Crippen molar-refractivity contribution in [3.63, 3.8) is 0 Å². The number of benzene rings is 1. The fourth-order valence-electron chi connectivity index (χ4n) is 2.12. The van der Waals surface area contributed by atoms with Crippen molar-refractivity contribution >= 4 is 15.9 Å². The molecule has 0 atom stereocenters. The van der Waals surface area contributed by atoms with Crippen LogP contribution < -0.4 is 5.14 Å². The van der Waals surface area contributed by atoms with Gasteiger partial charge in [-0.2, -0.15) is 0 Å². The molecular formula is C13H15FN2O3S. The Morgan fingerprint density at radius 1 is 1.35 bits per heavy atom. The quantitative estimate of drug-likeness (QED) is 0.835. The molecule has 5 nitrogen and oxygen atoms in total. The Kier molecular flexibility index (Phi) is 3.92. The summed E-state index contributed by atoms with van der Waals surface area (Å²) in [5.41, 5.74) is 1.04. The SMILES string of the molecule is CC1=CCCN(C(=O)c2cc(F)cc(S(N)(=O)=O)c2)C1. The number of sulfonamides is 1. The van der Waals surface area contributed by atoms with E-state index in [2.05, 4.69) is 0 Å². The average Bonchev–Trinajstić information content (AvgIpc) is 2.36. The molecule has 1 aliphatic rings. The second kappa shape index (κ2) is 5.34. The number of rotatable bonds is 2. The van der Waals surface area contributed by atoms with E-state index in [-0.39, 0.29) is 5.56 Å². The summed E-state index contributed by atoms with van der Waals surface area (Å²) in [6.07, 6.45) is 2.76. The Morgan fingerprint density at radius 3 is 2.65 bits per heavy atom. The molecule has 0 saturated heterocycles. The Morgan fingerprint density at radius 2 is 2.05 bits per heavy atom. The molecule has 0 aromatic heterocycles. The van der Waals surface area contributed by atoms with E-state index >= 15 is 0 Å². The number of hydrogen-bond acceptors (Lipinski definition) is 3. The van der Waals surface area contributed by atoms with Gasteiger partial charge < -0.3 is 4.90 Å². The average molecular weight is 298 g/mol. The van der Waals surface area contributed by atoms with Crippen molar-refractivity contribution in [2.45, 2.75) is 18.2 Å². The summed E-state index contributed by atoms with van der Waals surface area (Å²) in [4.78, 5) is 13.4. The lowest BCUT2D eigenvalue weighted by Gasteiger charge is -2.26. The minimum atomic E-state index is -4.04. The Labute approximate surface area is 116 Å². The minimum Gasteiger partial charge on any atom is -0.334 e. The van der Waals surface area contributed by atoms with Gasteiger partial charge in [0.2, 0.25) is 10.0 Å². The highest BCUT2D eigenvalue weighted by Gasteiger charge is 2.21. The van der Waals surface area contributed by atoms with Crippen LogP contribution in [0.25, 0.3) is 0 Å². The number of halogens is 1. The first-order valence-corrected chi connectivity index (χ1v) is 7.60. The van der Waals surface area contributed by atoms with E-state index in [9.17, 15) is 17.6 Å². The molecule has 0 unspecified atom stereocenters. The van der Waals surface area contributed by atoms with Gasteiger partial charge in [0.25, 0.3) is 5.91 Å². The number of nitrogens with zero attached hydrogens (tertiary/aromatic N) is 1. The highest BCUT2D eigenvalue weighted by molar-refractivity contribution is 7.89. The number of nitrogens with two attached hydrogens (primary N) is 1. The normalized spacial score (nSPS) is 15.9. The summed E-state index contributed by atoms with van der Waals surface area (Å²) in [5, 5.41) is 4.97. The molecule has 2 rings (SSSR count). The standard InChI is InChI=1S/C13H15FN2O3S/c1-9-3-2-4-16(8-9)13(17)10-5-11(14)7-12(6-10)20(15,18)19/h3,5-7H,2,4,8H2,1H3,(H2,15,18,19). The van der Waals surface area contributed by atoms with E-state index in [4.69, 9.17) is 5.14 Å². The minimum absolute atomic E-state index is 0.0104. The summed E-state index contributed by atoms with van der Waals surface area (Å²) in [7, 11) is -4.04. The van der Waals surface area contributed by atoms with Crippen molar-refractivity contribution < 1.29 is 17.6 Å². The lowest BCUT2D eigenvalue weighted by molar-refractivity contribution is 0.0765. The molecule has 1 heterocycles. The van der Waals surface area contributed by atoms with E-state index in [0.29, 0.717) is 13.1 Å². The largest absolute Gasteiger partial charge is 0.334 e. The molecule has 0 aliphatic carbocycles. The first-order valence-electron chi connectivity index (χ1n) is 6.05. The zero-order chi connectivity index (χ0) is 14.9. The van der Waals surface area contributed by atoms with E-state index in [0.717, 1.165) is 30.2 Å². The van der Waals surface area contributed by atoms with Crippen molar-refractivity contribution in [2.24, 2.45) is 5.14 Å². The van der Waals surface area contributed by atoms with Crippen LogP contribution in [0.4, 0.5) is 4.39 Å². The molecule has 1 amide bonds. The van der Waals surface area contributed by atoms with Gasteiger partial charge in [0.1, 0.15) is 5.82 Å². The van der Waals surface area contributed by atoms with Gasteiger partial charge in [-0.05, 0) is 31.5 Å². The van der Waals surface area contributed by atoms with E-state index < -0.39 is 26.6 Å². The highest BCUT2D eigenvalue weighted by Crippen LogP contribution is 2.17. The highest BCUT2D eigenvalue weighted by atomic mass is 32.2. The third kappa shape index (κ3) is 3.23. The molecule has 7 heteroatoms. The van der Waals surface area contributed by atoms with Crippen LogP contribution in [-0.4, -0.2) is 32.3 Å². The predicted octanol–water partition coefficient (Wildman–Crippen LogP) is 1.27. The second-order valence-corrected chi connectivity index (χ2v) is 6.35.